The number of amides is 2. The second kappa shape index (κ2) is 9.52. The molecule has 4 aromatic rings. The quantitative estimate of drug-likeness (QED) is 0.464. The van der Waals surface area contributed by atoms with E-state index in [1.54, 1.807) is 11.9 Å². The van der Waals surface area contributed by atoms with Crippen molar-refractivity contribution in [2.24, 2.45) is 7.05 Å². The Labute approximate surface area is 206 Å². The third-order valence-corrected chi connectivity index (χ3v) is 7.56. The van der Waals surface area contributed by atoms with E-state index in [2.05, 4.69) is 5.32 Å². The Hall–Kier alpha value is -3.69. The summed E-state index contributed by atoms with van der Waals surface area (Å²) in [6, 6.07) is 17.2. The second-order valence-corrected chi connectivity index (χ2v) is 9.52. The highest BCUT2D eigenvalue weighted by atomic mass is 32.1. The van der Waals surface area contributed by atoms with Crippen molar-refractivity contribution in [1.29, 1.82) is 0 Å². The number of benzene rings is 2. The number of hydrogen-bond donors (Lipinski definition) is 1. The van der Waals surface area contributed by atoms with Crippen molar-refractivity contribution in [3.63, 3.8) is 0 Å². The third-order valence-electron chi connectivity index (χ3n) is 6.30. The van der Waals surface area contributed by atoms with Crippen molar-refractivity contribution < 1.29 is 14.3 Å². The molecule has 0 atom stereocenters. The number of para-hydroxylation sites is 2. The van der Waals surface area contributed by atoms with Crippen LogP contribution in [0.3, 0.4) is 0 Å². The summed E-state index contributed by atoms with van der Waals surface area (Å²) in [6.45, 7) is 3.76. The average Bonchev–Trinajstić information content (AvgIpc) is 3.33. The maximum Gasteiger partial charge on any atom is 0.329 e. The molecule has 2 amide bonds. The summed E-state index contributed by atoms with van der Waals surface area (Å²) < 4.78 is 8.38. The minimum atomic E-state index is -0.361. The van der Waals surface area contributed by atoms with Crippen molar-refractivity contribution in [3.8, 4) is 10.4 Å². The van der Waals surface area contributed by atoms with Crippen LogP contribution in [0.2, 0.25) is 0 Å². The summed E-state index contributed by atoms with van der Waals surface area (Å²) in [7, 11) is 1.69. The number of nitrogens with zero attached hydrogens (tertiary/aromatic N) is 3. The van der Waals surface area contributed by atoms with E-state index in [0.717, 1.165) is 21.5 Å². The molecule has 0 unspecified atom stereocenters. The standard InChI is InChI=1S/C26H26N4O4S/c1-17-22(25(32)29-12-14-34-15-13-29)24(35-23(17)18-8-4-3-5-9-18)27-21(31)16-30-20-11-7-6-10-19(20)28(2)26(30)33/h3-11H,12-16H2,1-2H3,(H,27,31). The minimum absolute atomic E-state index is 0.123. The molecular weight excluding hydrogens is 464 g/mol. The smallest absolute Gasteiger partial charge is 0.329 e. The zero-order valence-corrected chi connectivity index (χ0v) is 20.4. The summed E-state index contributed by atoms with van der Waals surface area (Å²) >= 11 is 1.38. The van der Waals surface area contributed by atoms with Gasteiger partial charge in [-0.15, -0.1) is 11.3 Å². The van der Waals surface area contributed by atoms with E-state index in [9.17, 15) is 14.4 Å². The van der Waals surface area contributed by atoms with Gasteiger partial charge in [-0.1, -0.05) is 42.5 Å². The van der Waals surface area contributed by atoms with Gasteiger partial charge in [0.1, 0.15) is 11.5 Å². The van der Waals surface area contributed by atoms with E-state index in [1.807, 2.05) is 61.5 Å². The van der Waals surface area contributed by atoms with Crippen LogP contribution in [0.15, 0.2) is 59.4 Å². The maximum absolute atomic E-state index is 13.5. The Balaban J connectivity index is 1.50. The topological polar surface area (TPSA) is 85.6 Å². The number of imidazole rings is 1. The first-order valence-corrected chi connectivity index (χ1v) is 12.3. The van der Waals surface area contributed by atoms with Gasteiger partial charge in [0.05, 0.1) is 29.8 Å². The van der Waals surface area contributed by atoms with Gasteiger partial charge in [-0.2, -0.15) is 0 Å². The molecule has 2 aromatic heterocycles. The molecule has 180 valence electrons. The highest BCUT2D eigenvalue weighted by molar-refractivity contribution is 7.20. The van der Waals surface area contributed by atoms with E-state index in [-0.39, 0.29) is 24.0 Å². The number of fused-ring (bicyclic) bond motifs is 1. The molecule has 0 radical (unpaired) electrons. The van der Waals surface area contributed by atoms with Crippen LogP contribution < -0.4 is 11.0 Å². The molecule has 1 fully saturated rings. The summed E-state index contributed by atoms with van der Waals surface area (Å²) in [5.41, 5.74) is 3.48. The Morgan fingerprint density at radius 3 is 2.37 bits per heavy atom. The van der Waals surface area contributed by atoms with Gasteiger partial charge in [0.25, 0.3) is 5.91 Å². The number of nitrogens with one attached hydrogen (secondary N) is 1. The van der Waals surface area contributed by atoms with E-state index >= 15 is 0 Å². The second-order valence-electron chi connectivity index (χ2n) is 8.50. The van der Waals surface area contributed by atoms with E-state index in [1.165, 1.54) is 20.5 Å². The number of thiophene rings is 1. The van der Waals surface area contributed by atoms with Crippen LogP contribution >= 0.6 is 11.3 Å². The molecule has 8 nitrogen and oxygen atoms in total. The number of ether oxygens (including phenoxy) is 1. The number of carbonyl (C=O) groups is 2. The highest BCUT2D eigenvalue weighted by Crippen LogP contribution is 2.40. The fraction of sp³-hybridized carbons (Fsp3) is 0.269. The van der Waals surface area contributed by atoms with Crippen LogP contribution in [0, 0.1) is 6.92 Å². The zero-order valence-electron chi connectivity index (χ0n) is 19.6. The molecule has 3 heterocycles. The number of rotatable bonds is 5. The van der Waals surface area contributed by atoms with Gasteiger partial charge in [-0.05, 0) is 30.2 Å². The van der Waals surface area contributed by atoms with Crippen LogP contribution in [0.25, 0.3) is 21.5 Å². The van der Waals surface area contributed by atoms with Crippen LogP contribution in [-0.4, -0.2) is 52.2 Å². The molecule has 5 rings (SSSR count). The average molecular weight is 491 g/mol. The lowest BCUT2D eigenvalue weighted by Gasteiger charge is -2.27. The predicted molar refractivity (Wildman–Crippen MR) is 137 cm³/mol. The van der Waals surface area contributed by atoms with Crippen molar-refractivity contribution in [2.45, 2.75) is 13.5 Å². The fourth-order valence-electron chi connectivity index (χ4n) is 4.47. The first-order chi connectivity index (χ1) is 17.0. The molecule has 0 bridgehead atoms. The Morgan fingerprint density at radius 2 is 1.66 bits per heavy atom. The molecule has 2 aromatic carbocycles. The molecule has 0 saturated carbocycles. The molecule has 35 heavy (non-hydrogen) atoms. The number of aromatic nitrogens is 2. The molecule has 9 heteroatoms. The van der Waals surface area contributed by atoms with Gasteiger partial charge < -0.3 is 15.0 Å². The zero-order chi connectivity index (χ0) is 24.5. The highest BCUT2D eigenvalue weighted by Gasteiger charge is 2.28. The monoisotopic (exact) mass is 490 g/mol. The number of hydrogen-bond acceptors (Lipinski definition) is 5. The molecule has 1 N–H and O–H groups in total. The maximum atomic E-state index is 13.5. The number of aryl methyl sites for hydroxylation is 1. The Morgan fingerprint density at radius 1 is 1.00 bits per heavy atom. The van der Waals surface area contributed by atoms with Crippen molar-refractivity contribution in [1.82, 2.24) is 14.0 Å². The third kappa shape index (κ3) is 4.28. The summed E-state index contributed by atoms with van der Waals surface area (Å²) in [5.74, 6) is -0.484. The lowest BCUT2D eigenvalue weighted by molar-refractivity contribution is -0.116. The molecular formula is C26H26N4O4S. The van der Waals surface area contributed by atoms with E-state index < -0.39 is 0 Å². The fourth-order valence-corrected chi connectivity index (χ4v) is 5.69. The number of carbonyl (C=O) groups excluding carboxylic acids is 2. The van der Waals surface area contributed by atoms with Gasteiger partial charge in [0.15, 0.2) is 0 Å². The summed E-state index contributed by atoms with van der Waals surface area (Å²) in [4.78, 5) is 42.2. The van der Waals surface area contributed by atoms with Crippen LogP contribution in [-0.2, 0) is 23.1 Å². The molecule has 1 aliphatic rings. The molecule has 1 aliphatic heterocycles. The van der Waals surface area contributed by atoms with Gasteiger partial charge in [-0.3, -0.25) is 18.7 Å². The number of anilines is 1. The van der Waals surface area contributed by atoms with Gasteiger partial charge >= 0.3 is 5.69 Å². The molecule has 1 saturated heterocycles. The summed E-state index contributed by atoms with van der Waals surface area (Å²) in [5, 5.41) is 3.44. The first-order valence-electron chi connectivity index (χ1n) is 11.5. The lowest BCUT2D eigenvalue weighted by atomic mass is 10.1. The normalized spacial score (nSPS) is 13.8. The van der Waals surface area contributed by atoms with Gasteiger partial charge in [0, 0.05) is 25.0 Å². The van der Waals surface area contributed by atoms with Crippen LogP contribution in [0.4, 0.5) is 5.00 Å². The van der Waals surface area contributed by atoms with Crippen LogP contribution in [0.5, 0.6) is 0 Å². The van der Waals surface area contributed by atoms with Gasteiger partial charge in [0.2, 0.25) is 5.91 Å². The predicted octanol–water partition coefficient (Wildman–Crippen LogP) is 3.49. The van der Waals surface area contributed by atoms with Crippen molar-refractivity contribution in [3.05, 3.63) is 76.2 Å². The van der Waals surface area contributed by atoms with Crippen molar-refractivity contribution >= 4 is 39.2 Å². The van der Waals surface area contributed by atoms with E-state index in [4.69, 9.17) is 4.74 Å². The first kappa shape index (κ1) is 23.1. The van der Waals surface area contributed by atoms with E-state index in [0.29, 0.717) is 42.4 Å². The van der Waals surface area contributed by atoms with Crippen LogP contribution in [0.1, 0.15) is 15.9 Å². The molecule has 0 spiro atoms. The SMILES string of the molecule is Cc1c(-c2ccccc2)sc(NC(=O)Cn2c(=O)n(C)c3ccccc32)c1C(=O)N1CCOCC1. The molecule has 0 aliphatic carbocycles. The summed E-state index contributed by atoms with van der Waals surface area (Å²) in [6.07, 6.45) is 0. The Kier molecular flexibility index (Phi) is 6.27. The van der Waals surface area contributed by atoms with Gasteiger partial charge in [-0.25, -0.2) is 4.79 Å². The largest absolute Gasteiger partial charge is 0.378 e. The lowest BCUT2D eigenvalue weighted by Crippen LogP contribution is -2.41. The minimum Gasteiger partial charge on any atom is -0.378 e. The van der Waals surface area contributed by atoms with Crippen molar-refractivity contribution in [2.75, 3.05) is 31.6 Å². The number of morpholine rings is 1. The Bertz CT molecular complexity index is 1460.